The Morgan fingerprint density at radius 2 is 1.42 bits per heavy atom. The lowest BCUT2D eigenvalue weighted by Gasteiger charge is -2.44. The minimum Gasteiger partial charge on any atom is -0.289 e. The molecular formula is C25H21Cl2N3O2S. The van der Waals surface area contributed by atoms with Crippen molar-refractivity contribution >= 4 is 44.1 Å². The number of para-hydroxylation sites is 1. The Balaban J connectivity index is 1.37. The van der Waals surface area contributed by atoms with E-state index in [9.17, 15) is 8.42 Å². The monoisotopic (exact) mass is 497 g/mol. The molecule has 4 aromatic rings. The average molecular weight is 498 g/mol. The van der Waals surface area contributed by atoms with Gasteiger partial charge in [-0.1, -0.05) is 65.7 Å². The Kier molecular flexibility index (Phi) is 6.12. The molecule has 1 aliphatic rings. The predicted molar refractivity (Wildman–Crippen MR) is 132 cm³/mol. The number of nitrogens with zero attached hydrogens (tertiary/aromatic N) is 2. The third-order valence-corrected chi connectivity index (χ3v) is 7.91. The third-order valence-electron chi connectivity index (χ3n) is 5.85. The standard InChI is InChI=1S/C25H21Cl2N3O2S/c26-20-10-6-18(7-11-20)25(19-8-12-21(27)13-9-19)30-15-22(16-30)29-33(31,32)23-5-1-3-17-4-2-14-28-24(17)23/h1-14,22,25,29H,15-16H2. The summed E-state index contributed by atoms with van der Waals surface area (Å²) < 4.78 is 29.1. The van der Waals surface area contributed by atoms with Crippen molar-refractivity contribution in [2.45, 2.75) is 17.0 Å². The van der Waals surface area contributed by atoms with Gasteiger partial charge >= 0.3 is 0 Å². The van der Waals surface area contributed by atoms with Crippen LogP contribution in [-0.4, -0.2) is 37.4 Å². The summed E-state index contributed by atoms with van der Waals surface area (Å²) in [7, 11) is -3.71. The van der Waals surface area contributed by atoms with Crippen molar-refractivity contribution < 1.29 is 8.42 Å². The van der Waals surface area contributed by atoms with Gasteiger partial charge in [0.15, 0.2) is 0 Å². The Hall–Kier alpha value is -2.48. The lowest BCUT2D eigenvalue weighted by Crippen LogP contribution is -2.60. The van der Waals surface area contributed by atoms with E-state index in [-0.39, 0.29) is 17.0 Å². The number of pyridine rings is 1. The van der Waals surface area contributed by atoms with Crippen molar-refractivity contribution in [1.29, 1.82) is 0 Å². The van der Waals surface area contributed by atoms with E-state index in [0.717, 1.165) is 16.5 Å². The van der Waals surface area contributed by atoms with Gasteiger partial charge in [0.25, 0.3) is 0 Å². The maximum absolute atomic E-state index is 13.1. The minimum atomic E-state index is -3.71. The number of sulfonamides is 1. The second-order valence-electron chi connectivity index (χ2n) is 8.11. The zero-order valence-corrected chi connectivity index (χ0v) is 19.9. The molecule has 0 aliphatic carbocycles. The number of likely N-dealkylation sites (tertiary alicyclic amines) is 1. The molecule has 1 aliphatic heterocycles. The van der Waals surface area contributed by atoms with E-state index in [1.54, 1.807) is 24.4 Å². The molecule has 0 radical (unpaired) electrons. The molecule has 1 N–H and O–H groups in total. The van der Waals surface area contributed by atoms with Crippen LogP contribution < -0.4 is 4.72 Å². The molecule has 1 fully saturated rings. The van der Waals surface area contributed by atoms with Crippen LogP contribution in [-0.2, 0) is 10.0 Å². The summed E-state index contributed by atoms with van der Waals surface area (Å²) in [5.74, 6) is 0. The number of hydrogen-bond acceptors (Lipinski definition) is 4. The van der Waals surface area contributed by atoms with Crippen LogP contribution >= 0.6 is 23.2 Å². The normalized spacial score (nSPS) is 15.1. The lowest BCUT2D eigenvalue weighted by molar-refractivity contribution is 0.105. The summed E-state index contributed by atoms with van der Waals surface area (Å²) in [5, 5.41) is 2.14. The minimum absolute atomic E-state index is 0.0282. The molecule has 1 aromatic heterocycles. The fraction of sp³-hybridized carbons (Fsp3) is 0.160. The quantitative estimate of drug-likeness (QED) is 0.392. The highest BCUT2D eigenvalue weighted by atomic mass is 35.5. The molecule has 0 saturated carbocycles. The Morgan fingerprint density at radius 3 is 2.03 bits per heavy atom. The van der Waals surface area contributed by atoms with Gasteiger partial charge in [0.2, 0.25) is 10.0 Å². The largest absolute Gasteiger partial charge is 0.289 e. The van der Waals surface area contributed by atoms with Gasteiger partial charge in [0, 0.05) is 40.8 Å². The summed E-state index contributed by atoms with van der Waals surface area (Å²) in [6.07, 6.45) is 1.61. The zero-order chi connectivity index (χ0) is 23.0. The van der Waals surface area contributed by atoms with E-state index in [4.69, 9.17) is 23.2 Å². The fourth-order valence-corrected chi connectivity index (χ4v) is 5.93. The lowest BCUT2D eigenvalue weighted by atomic mass is 9.93. The van der Waals surface area contributed by atoms with Crippen molar-refractivity contribution in [3.63, 3.8) is 0 Å². The van der Waals surface area contributed by atoms with Crippen LogP contribution in [0.3, 0.4) is 0 Å². The molecule has 0 unspecified atom stereocenters. The summed E-state index contributed by atoms with van der Waals surface area (Å²) >= 11 is 12.2. The van der Waals surface area contributed by atoms with Crippen LogP contribution in [0.25, 0.3) is 10.9 Å². The number of aromatic nitrogens is 1. The van der Waals surface area contributed by atoms with Crippen LogP contribution in [0.5, 0.6) is 0 Å². The summed E-state index contributed by atoms with van der Waals surface area (Å²) in [4.78, 5) is 6.72. The van der Waals surface area contributed by atoms with E-state index in [2.05, 4.69) is 14.6 Å². The average Bonchev–Trinajstić information content (AvgIpc) is 2.79. The highest BCUT2D eigenvalue weighted by molar-refractivity contribution is 7.89. The van der Waals surface area contributed by atoms with Crippen LogP contribution in [0.1, 0.15) is 17.2 Å². The highest BCUT2D eigenvalue weighted by Gasteiger charge is 2.36. The number of benzene rings is 3. The van der Waals surface area contributed by atoms with Crippen molar-refractivity contribution in [2.24, 2.45) is 0 Å². The van der Waals surface area contributed by atoms with Crippen LogP contribution in [0.2, 0.25) is 10.0 Å². The van der Waals surface area contributed by atoms with Crippen molar-refractivity contribution in [3.8, 4) is 0 Å². The number of rotatable bonds is 6. The molecule has 0 atom stereocenters. The number of fused-ring (bicyclic) bond motifs is 1. The SMILES string of the molecule is O=S(=O)(NC1CN(C(c2ccc(Cl)cc2)c2ccc(Cl)cc2)C1)c1cccc2cccnc12. The Morgan fingerprint density at radius 1 is 0.848 bits per heavy atom. The van der Waals surface area contributed by atoms with E-state index >= 15 is 0 Å². The van der Waals surface area contributed by atoms with Crippen molar-refractivity contribution in [1.82, 2.24) is 14.6 Å². The first-order valence-corrected chi connectivity index (χ1v) is 12.8. The molecule has 168 valence electrons. The Bertz CT molecular complexity index is 1340. The zero-order valence-electron chi connectivity index (χ0n) is 17.5. The van der Waals surface area contributed by atoms with Gasteiger partial charge in [-0.3, -0.25) is 9.88 Å². The maximum Gasteiger partial charge on any atom is 0.243 e. The molecule has 5 nitrogen and oxygen atoms in total. The molecule has 0 amide bonds. The molecule has 2 heterocycles. The summed E-state index contributed by atoms with van der Waals surface area (Å²) in [5.41, 5.74) is 2.64. The first-order chi connectivity index (χ1) is 15.9. The topological polar surface area (TPSA) is 62.3 Å². The number of halogens is 2. The van der Waals surface area contributed by atoms with Crippen LogP contribution in [0.15, 0.2) is 90.0 Å². The number of nitrogens with one attached hydrogen (secondary N) is 1. The van der Waals surface area contributed by atoms with Gasteiger partial charge < -0.3 is 0 Å². The van der Waals surface area contributed by atoms with Gasteiger partial charge in [0.1, 0.15) is 4.90 Å². The molecular weight excluding hydrogens is 477 g/mol. The molecule has 33 heavy (non-hydrogen) atoms. The second-order valence-corrected chi connectivity index (χ2v) is 10.7. The summed E-state index contributed by atoms with van der Waals surface area (Å²) in [6, 6.07) is 24.1. The van der Waals surface area contributed by atoms with Crippen molar-refractivity contribution in [3.05, 3.63) is 106 Å². The second kappa shape index (κ2) is 9.05. The Labute approximate surface area is 203 Å². The third kappa shape index (κ3) is 4.63. The van der Waals surface area contributed by atoms with E-state index in [1.165, 1.54) is 0 Å². The molecule has 5 rings (SSSR count). The molecule has 0 spiro atoms. The van der Waals surface area contributed by atoms with Crippen molar-refractivity contribution in [2.75, 3.05) is 13.1 Å². The van der Waals surface area contributed by atoms with Gasteiger partial charge in [-0.15, -0.1) is 0 Å². The molecule has 0 bridgehead atoms. The first kappa shape index (κ1) is 22.3. The van der Waals surface area contributed by atoms with Gasteiger partial charge in [0.05, 0.1) is 11.6 Å². The molecule has 3 aromatic carbocycles. The fourth-order valence-electron chi connectivity index (χ4n) is 4.28. The van der Waals surface area contributed by atoms with Gasteiger partial charge in [-0.25, -0.2) is 13.1 Å². The maximum atomic E-state index is 13.1. The first-order valence-electron chi connectivity index (χ1n) is 10.5. The molecule has 8 heteroatoms. The van der Waals surface area contributed by atoms with Gasteiger partial charge in [-0.05, 0) is 47.5 Å². The highest BCUT2D eigenvalue weighted by Crippen LogP contribution is 2.34. The van der Waals surface area contributed by atoms with Gasteiger partial charge in [-0.2, -0.15) is 0 Å². The summed E-state index contributed by atoms with van der Waals surface area (Å²) in [6.45, 7) is 1.15. The number of hydrogen-bond donors (Lipinski definition) is 1. The van der Waals surface area contributed by atoms with E-state index in [0.29, 0.717) is 28.7 Å². The predicted octanol–water partition coefficient (Wildman–Crippen LogP) is 5.29. The van der Waals surface area contributed by atoms with E-state index < -0.39 is 10.0 Å². The molecule has 1 saturated heterocycles. The smallest absolute Gasteiger partial charge is 0.243 e. The van der Waals surface area contributed by atoms with E-state index in [1.807, 2.05) is 60.7 Å². The van der Waals surface area contributed by atoms with Crippen LogP contribution in [0.4, 0.5) is 0 Å². The van der Waals surface area contributed by atoms with Crippen LogP contribution in [0, 0.1) is 0 Å².